The van der Waals surface area contributed by atoms with Crippen LogP contribution in [0.3, 0.4) is 0 Å². The third-order valence-corrected chi connectivity index (χ3v) is 5.99. The maximum Gasteiger partial charge on any atom is 0.336 e. The van der Waals surface area contributed by atoms with Crippen LogP contribution in [0.4, 0.5) is 4.39 Å². The number of ether oxygens (including phenoxy) is 1. The molecule has 1 amide bonds. The molecule has 4 rings (SSSR count). The molecule has 0 saturated carbocycles. The minimum atomic E-state index is -0.914. The molecule has 1 saturated heterocycles. The van der Waals surface area contributed by atoms with Crippen molar-refractivity contribution in [1.29, 1.82) is 0 Å². The molecule has 3 aromatic rings. The van der Waals surface area contributed by atoms with Crippen molar-refractivity contribution >= 4 is 34.4 Å². The number of piperidine rings is 1. The van der Waals surface area contributed by atoms with Crippen LogP contribution in [0.25, 0.3) is 22.1 Å². The predicted molar refractivity (Wildman–Crippen MR) is 120 cm³/mol. The molecule has 7 nitrogen and oxygen atoms in total. The van der Waals surface area contributed by atoms with Crippen LogP contribution in [0, 0.1) is 11.7 Å². The highest BCUT2D eigenvalue weighted by Crippen LogP contribution is 2.34. The number of benzene rings is 2. The Kier molecular flexibility index (Phi) is 6.37. The summed E-state index contributed by atoms with van der Waals surface area (Å²) < 4.78 is 24.5. The number of carboxylic acid groups (broad SMARTS) is 1. The van der Waals surface area contributed by atoms with Crippen molar-refractivity contribution in [1.82, 2.24) is 4.90 Å². The molecule has 1 N–H and O–H groups in total. The van der Waals surface area contributed by atoms with Gasteiger partial charge in [-0.3, -0.25) is 9.59 Å². The van der Waals surface area contributed by atoms with Gasteiger partial charge in [0.1, 0.15) is 17.1 Å². The highest BCUT2D eigenvalue weighted by atomic mass is 35.5. The zero-order chi connectivity index (χ0) is 23.7. The second kappa shape index (κ2) is 9.23. The zero-order valence-corrected chi connectivity index (χ0v) is 18.5. The van der Waals surface area contributed by atoms with Crippen LogP contribution in [0.2, 0.25) is 5.02 Å². The average molecular weight is 474 g/mol. The Hall–Kier alpha value is -3.39. The van der Waals surface area contributed by atoms with Crippen LogP contribution in [0.5, 0.6) is 5.75 Å². The number of carboxylic acids is 1. The summed E-state index contributed by atoms with van der Waals surface area (Å²) in [7, 11) is 0. The smallest absolute Gasteiger partial charge is 0.336 e. The summed E-state index contributed by atoms with van der Waals surface area (Å²) in [6.07, 6.45) is 0.292. The van der Waals surface area contributed by atoms with Gasteiger partial charge in [-0.1, -0.05) is 11.6 Å². The monoisotopic (exact) mass is 473 g/mol. The largest absolute Gasteiger partial charge is 0.481 e. The first kappa shape index (κ1) is 22.8. The lowest BCUT2D eigenvalue weighted by Crippen LogP contribution is -2.47. The van der Waals surface area contributed by atoms with E-state index in [2.05, 4.69) is 0 Å². The van der Waals surface area contributed by atoms with Crippen molar-refractivity contribution in [2.75, 3.05) is 13.1 Å². The first-order valence-electron chi connectivity index (χ1n) is 10.4. The van der Waals surface area contributed by atoms with Gasteiger partial charge in [0, 0.05) is 41.7 Å². The van der Waals surface area contributed by atoms with Crippen molar-refractivity contribution in [3.63, 3.8) is 0 Å². The second-order valence-corrected chi connectivity index (χ2v) is 8.39. The number of carbonyl (C=O) groups is 2. The number of hydrogen-bond donors (Lipinski definition) is 1. The maximum absolute atomic E-state index is 13.5. The lowest BCUT2D eigenvalue weighted by atomic mass is 9.98. The molecule has 33 heavy (non-hydrogen) atoms. The Balaban J connectivity index is 1.59. The third-order valence-electron chi connectivity index (χ3n) is 5.68. The SMILES string of the molecule is C[C@@H](Oc1ccc2c(-c3ccc(F)cc3Cl)cc(=O)oc2c1)C(=O)N1CCCC(C(=O)O)C1. The van der Waals surface area contributed by atoms with Gasteiger partial charge in [0.25, 0.3) is 5.91 Å². The van der Waals surface area contributed by atoms with E-state index in [1.54, 1.807) is 19.1 Å². The summed E-state index contributed by atoms with van der Waals surface area (Å²) in [5.41, 5.74) is 0.562. The van der Waals surface area contributed by atoms with Crippen LogP contribution >= 0.6 is 11.6 Å². The van der Waals surface area contributed by atoms with Crippen molar-refractivity contribution in [3.8, 4) is 16.9 Å². The predicted octanol–water partition coefficient (Wildman–Crippen LogP) is 4.34. The minimum absolute atomic E-state index is 0.149. The molecule has 0 radical (unpaired) electrons. The fraction of sp³-hybridized carbons (Fsp3) is 0.292. The Morgan fingerprint density at radius 2 is 2.00 bits per heavy atom. The first-order chi connectivity index (χ1) is 15.7. The first-order valence-corrected chi connectivity index (χ1v) is 10.8. The number of carbonyl (C=O) groups excluding carboxylic acids is 1. The number of amides is 1. The van der Waals surface area contributed by atoms with Gasteiger partial charge in [-0.15, -0.1) is 0 Å². The number of nitrogens with zero attached hydrogens (tertiary/aromatic N) is 1. The molecule has 0 spiro atoms. The molecule has 0 bridgehead atoms. The Morgan fingerprint density at radius 1 is 1.21 bits per heavy atom. The van der Waals surface area contributed by atoms with Crippen LogP contribution < -0.4 is 10.4 Å². The Bertz CT molecular complexity index is 1290. The van der Waals surface area contributed by atoms with Gasteiger partial charge < -0.3 is 19.2 Å². The lowest BCUT2D eigenvalue weighted by Gasteiger charge is -2.32. The van der Waals surface area contributed by atoms with Crippen LogP contribution in [-0.4, -0.2) is 41.1 Å². The van der Waals surface area contributed by atoms with E-state index in [0.717, 1.165) is 6.07 Å². The van der Waals surface area contributed by atoms with Gasteiger partial charge in [-0.25, -0.2) is 9.18 Å². The van der Waals surface area contributed by atoms with Gasteiger partial charge >= 0.3 is 11.6 Å². The van der Waals surface area contributed by atoms with Crippen molar-refractivity contribution < 1.29 is 28.2 Å². The highest BCUT2D eigenvalue weighted by Gasteiger charge is 2.31. The summed E-state index contributed by atoms with van der Waals surface area (Å²) in [5.74, 6) is -1.99. The number of aliphatic carboxylic acids is 1. The summed E-state index contributed by atoms with van der Waals surface area (Å²) in [6.45, 7) is 2.21. The number of hydrogen-bond acceptors (Lipinski definition) is 5. The van der Waals surface area contributed by atoms with E-state index in [9.17, 15) is 23.9 Å². The summed E-state index contributed by atoms with van der Waals surface area (Å²) >= 11 is 6.18. The molecule has 1 fully saturated rings. The fourth-order valence-electron chi connectivity index (χ4n) is 4.04. The third kappa shape index (κ3) is 4.85. The van der Waals surface area contributed by atoms with E-state index in [4.69, 9.17) is 20.8 Å². The molecule has 9 heteroatoms. The Labute approximate surface area is 193 Å². The van der Waals surface area contributed by atoms with Crippen LogP contribution in [-0.2, 0) is 9.59 Å². The van der Waals surface area contributed by atoms with Gasteiger partial charge in [0.05, 0.1) is 10.9 Å². The van der Waals surface area contributed by atoms with E-state index < -0.39 is 29.4 Å². The van der Waals surface area contributed by atoms with E-state index in [-0.39, 0.29) is 23.1 Å². The van der Waals surface area contributed by atoms with E-state index in [1.165, 1.54) is 29.2 Å². The molecule has 2 atom stereocenters. The molecular formula is C24H21ClFNO6. The molecule has 2 heterocycles. The topological polar surface area (TPSA) is 97.0 Å². The molecule has 1 aromatic heterocycles. The van der Waals surface area contributed by atoms with E-state index in [1.807, 2.05) is 0 Å². The summed E-state index contributed by atoms with van der Waals surface area (Å²) in [6, 6.07) is 9.98. The molecule has 172 valence electrons. The highest BCUT2D eigenvalue weighted by molar-refractivity contribution is 6.33. The number of halogens is 2. The number of likely N-dealkylation sites (tertiary alicyclic amines) is 1. The van der Waals surface area contributed by atoms with Crippen molar-refractivity contribution in [3.05, 3.63) is 63.7 Å². The standard InChI is InChI=1S/C24H21ClFNO6/c1-13(23(29)27-8-2-3-14(12-27)24(30)31)32-16-5-7-18-19(11-22(28)33-21(18)10-16)17-6-4-15(26)9-20(17)25/h4-7,9-11,13-14H,2-3,8,12H2,1H3,(H,30,31)/t13-,14?/m1/s1. The van der Waals surface area contributed by atoms with E-state index in [0.29, 0.717) is 41.6 Å². The average Bonchev–Trinajstić information content (AvgIpc) is 2.78. The molecular weight excluding hydrogens is 453 g/mol. The number of fused-ring (bicyclic) bond motifs is 1. The molecule has 0 aliphatic carbocycles. The lowest BCUT2D eigenvalue weighted by molar-refractivity contribution is -0.147. The maximum atomic E-state index is 13.5. The molecule has 1 unspecified atom stereocenters. The van der Waals surface area contributed by atoms with Crippen molar-refractivity contribution in [2.45, 2.75) is 25.9 Å². The summed E-state index contributed by atoms with van der Waals surface area (Å²) in [4.78, 5) is 37.7. The minimum Gasteiger partial charge on any atom is -0.481 e. The molecule has 1 aliphatic rings. The Morgan fingerprint density at radius 3 is 2.73 bits per heavy atom. The second-order valence-electron chi connectivity index (χ2n) is 7.98. The van der Waals surface area contributed by atoms with Gasteiger partial charge in [-0.2, -0.15) is 0 Å². The zero-order valence-electron chi connectivity index (χ0n) is 17.7. The molecule has 2 aromatic carbocycles. The van der Waals surface area contributed by atoms with Crippen molar-refractivity contribution in [2.24, 2.45) is 5.92 Å². The van der Waals surface area contributed by atoms with E-state index >= 15 is 0 Å². The normalized spacial score (nSPS) is 17.1. The quantitative estimate of drug-likeness (QED) is 0.553. The van der Waals surface area contributed by atoms with Crippen LogP contribution in [0.1, 0.15) is 19.8 Å². The number of rotatable bonds is 5. The van der Waals surface area contributed by atoms with Gasteiger partial charge in [0.2, 0.25) is 0 Å². The molecule has 1 aliphatic heterocycles. The fourth-order valence-corrected chi connectivity index (χ4v) is 4.31. The van der Waals surface area contributed by atoms with Gasteiger partial charge in [-0.05, 0) is 50.1 Å². The van der Waals surface area contributed by atoms with Crippen LogP contribution in [0.15, 0.2) is 51.7 Å². The summed E-state index contributed by atoms with van der Waals surface area (Å²) in [5, 5.41) is 9.96. The van der Waals surface area contributed by atoms with Gasteiger partial charge in [0.15, 0.2) is 6.10 Å².